The van der Waals surface area contributed by atoms with Crippen LogP contribution in [0.25, 0.3) is 16.9 Å². The number of halogens is 2. The number of rotatable bonds is 7. The highest BCUT2D eigenvalue weighted by Gasteiger charge is 2.37. The summed E-state index contributed by atoms with van der Waals surface area (Å²) in [5.74, 6) is -2.21. The van der Waals surface area contributed by atoms with Crippen LogP contribution in [0.5, 0.6) is 0 Å². The summed E-state index contributed by atoms with van der Waals surface area (Å²) in [5, 5.41) is 13.2. The summed E-state index contributed by atoms with van der Waals surface area (Å²) in [6, 6.07) is 8.81. The molecule has 0 aliphatic carbocycles. The Bertz CT molecular complexity index is 1710. The van der Waals surface area contributed by atoms with Gasteiger partial charge in [-0.05, 0) is 53.2 Å². The van der Waals surface area contributed by atoms with Crippen LogP contribution in [0.4, 0.5) is 14.9 Å². The Balaban J connectivity index is 1.36. The van der Waals surface area contributed by atoms with Crippen LogP contribution in [-0.2, 0) is 14.3 Å². The predicted octanol–water partition coefficient (Wildman–Crippen LogP) is 3.33. The lowest BCUT2D eigenvalue weighted by Gasteiger charge is -2.15. The van der Waals surface area contributed by atoms with Gasteiger partial charge in [-0.3, -0.25) is 19.5 Å². The highest BCUT2D eigenvalue weighted by Crippen LogP contribution is 2.37. The molecule has 2 aromatic heterocycles. The number of aromatic nitrogens is 6. The minimum absolute atomic E-state index is 0.00655. The standard InChI is InChI=1S/C26H21ClFN7O6/c1-13-9-19(25(38)41-11-20(36)14-3-5-15(6-4-14)30-26(39)40-2)35-21(37)10-17(31-24(13)35)22-18(34-12-29-32-33-34)8-7-16(27)23(22)28/h3-8,10,12-13,19H,9,11H2,1-2H3,(H,30,39). The van der Waals surface area contributed by atoms with Crippen molar-refractivity contribution >= 4 is 35.1 Å². The van der Waals surface area contributed by atoms with Crippen molar-refractivity contribution in [2.24, 2.45) is 0 Å². The van der Waals surface area contributed by atoms with E-state index in [1.54, 1.807) is 6.92 Å². The monoisotopic (exact) mass is 581 g/mol. The Labute approximate surface area is 235 Å². The fourth-order valence-electron chi connectivity index (χ4n) is 4.52. The lowest BCUT2D eigenvalue weighted by atomic mass is 10.1. The molecule has 1 amide bonds. The number of nitrogens with zero attached hydrogens (tertiary/aromatic N) is 6. The third-order valence-corrected chi connectivity index (χ3v) is 6.78. The second kappa shape index (κ2) is 11.3. The first-order valence-electron chi connectivity index (χ1n) is 12.2. The first-order chi connectivity index (χ1) is 19.7. The molecule has 0 saturated heterocycles. The average molecular weight is 582 g/mol. The normalized spacial score (nSPS) is 15.7. The molecule has 0 saturated carbocycles. The zero-order valence-corrected chi connectivity index (χ0v) is 22.3. The zero-order valence-electron chi connectivity index (χ0n) is 21.6. The van der Waals surface area contributed by atoms with Gasteiger partial charge in [0.1, 0.15) is 18.2 Å². The van der Waals surface area contributed by atoms with Crippen LogP contribution in [0.2, 0.25) is 5.02 Å². The molecular formula is C26H21ClFN7O6. The van der Waals surface area contributed by atoms with Crippen molar-refractivity contribution in [2.75, 3.05) is 19.0 Å². The van der Waals surface area contributed by atoms with Gasteiger partial charge in [-0.15, -0.1) is 5.10 Å². The van der Waals surface area contributed by atoms with Crippen LogP contribution in [0.3, 0.4) is 0 Å². The number of anilines is 1. The SMILES string of the molecule is COC(=O)Nc1ccc(C(=O)COC(=O)C2CC(C)c3nc(-c4c(-n5cnnn5)ccc(Cl)c4F)cc(=O)n32)cc1. The Hall–Kier alpha value is -4.98. The third kappa shape index (κ3) is 5.41. The number of benzene rings is 2. The van der Waals surface area contributed by atoms with E-state index in [1.165, 1.54) is 59.1 Å². The highest BCUT2D eigenvalue weighted by atomic mass is 35.5. The molecule has 0 radical (unpaired) electrons. The minimum atomic E-state index is -1.03. The van der Waals surface area contributed by atoms with Crippen LogP contribution in [0, 0.1) is 5.82 Å². The van der Waals surface area contributed by atoms with Crippen LogP contribution >= 0.6 is 11.6 Å². The number of esters is 1. The summed E-state index contributed by atoms with van der Waals surface area (Å²) in [5.41, 5.74) is 0.172. The molecule has 1 aliphatic heterocycles. The lowest BCUT2D eigenvalue weighted by molar-refractivity contribution is -0.146. The van der Waals surface area contributed by atoms with Crippen molar-refractivity contribution in [1.29, 1.82) is 0 Å². The molecule has 2 unspecified atom stereocenters. The summed E-state index contributed by atoms with van der Waals surface area (Å²) in [6.45, 7) is 1.20. The number of ketones is 1. The Kier molecular flexibility index (Phi) is 7.57. The third-order valence-electron chi connectivity index (χ3n) is 6.49. The van der Waals surface area contributed by atoms with Gasteiger partial charge < -0.3 is 9.47 Å². The van der Waals surface area contributed by atoms with E-state index >= 15 is 4.39 Å². The molecule has 0 bridgehead atoms. The molecule has 2 atom stereocenters. The second-order valence-electron chi connectivity index (χ2n) is 9.10. The van der Waals surface area contributed by atoms with E-state index in [9.17, 15) is 19.2 Å². The molecule has 1 aliphatic rings. The first kappa shape index (κ1) is 27.6. The fourth-order valence-corrected chi connectivity index (χ4v) is 4.67. The number of nitrogens with one attached hydrogen (secondary N) is 1. The van der Waals surface area contributed by atoms with E-state index in [-0.39, 0.29) is 45.7 Å². The number of amides is 1. The van der Waals surface area contributed by atoms with E-state index in [1.807, 2.05) is 0 Å². The smallest absolute Gasteiger partial charge is 0.411 e. The Morgan fingerprint density at radius 3 is 2.61 bits per heavy atom. The van der Waals surface area contributed by atoms with E-state index in [2.05, 4.69) is 30.6 Å². The second-order valence-corrected chi connectivity index (χ2v) is 9.50. The van der Waals surface area contributed by atoms with Crippen molar-refractivity contribution in [3.8, 4) is 16.9 Å². The number of tetrazole rings is 1. The van der Waals surface area contributed by atoms with Gasteiger partial charge in [0.05, 0.1) is 29.1 Å². The van der Waals surface area contributed by atoms with Crippen molar-refractivity contribution in [1.82, 2.24) is 29.8 Å². The number of hydrogen-bond acceptors (Lipinski definition) is 10. The van der Waals surface area contributed by atoms with Crippen LogP contribution in [-0.4, -0.2) is 61.3 Å². The Morgan fingerprint density at radius 2 is 1.93 bits per heavy atom. The average Bonchev–Trinajstić information content (AvgIpc) is 3.62. The minimum Gasteiger partial charge on any atom is -0.456 e. The summed E-state index contributed by atoms with van der Waals surface area (Å²) in [4.78, 5) is 54.7. The topological polar surface area (TPSA) is 160 Å². The molecule has 15 heteroatoms. The maximum absolute atomic E-state index is 15.2. The number of hydrogen-bond donors (Lipinski definition) is 1. The van der Waals surface area contributed by atoms with Crippen LogP contribution in [0.15, 0.2) is 53.6 Å². The molecule has 2 aromatic carbocycles. The van der Waals surface area contributed by atoms with Gasteiger partial charge in [0.2, 0.25) is 0 Å². The molecule has 41 heavy (non-hydrogen) atoms. The maximum atomic E-state index is 15.2. The molecule has 13 nitrogen and oxygen atoms in total. The quantitative estimate of drug-likeness (QED) is 0.253. The Morgan fingerprint density at radius 1 is 1.17 bits per heavy atom. The molecule has 4 aromatic rings. The van der Waals surface area contributed by atoms with Crippen LogP contribution < -0.4 is 10.9 Å². The van der Waals surface area contributed by atoms with Crippen molar-refractivity contribution in [3.05, 3.63) is 81.4 Å². The summed E-state index contributed by atoms with van der Waals surface area (Å²) in [7, 11) is 1.22. The van der Waals surface area contributed by atoms with Crippen molar-refractivity contribution in [3.63, 3.8) is 0 Å². The van der Waals surface area contributed by atoms with Gasteiger partial charge in [-0.2, -0.15) is 4.68 Å². The van der Waals surface area contributed by atoms with Gasteiger partial charge in [0, 0.05) is 23.2 Å². The van der Waals surface area contributed by atoms with Gasteiger partial charge in [0.25, 0.3) is 5.56 Å². The fraction of sp³-hybridized carbons (Fsp3) is 0.231. The maximum Gasteiger partial charge on any atom is 0.411 e. The molecule has 210 valence electrons. The number of Topliss-reactive ketones (excluding diaryl/α,β-unsaturated/α-hetero) is 1. The number of carbonyl (C=O) groups is 3. The van der Waals surface area contributed by atoms with Crippen molar-refractivity contribution in [2.45, 2.75) is 25.3 Å². The largest absolute Gasteiger partial charge is 0.456 e. The molecule has 0 fully saturated rings. The molecule has 0 spiro atoms. The van der Waals surface area contributed by atoms with Crippen molar-refractivity contribution < 1.29 is 28.2 Å². The number of fused-ring (bicyclic) bond motifs is 1. The first-order valence-corrected chi connectivity index (χ1v) is 12.6. The molecule has 5 rings (SSSR count). The van der Waals surface area contributed by atoms with Gasteiger partial charge in [-0.1, -0.05) is 18.5 Å². The van der Waals surface area contributed by atoms with E-state index in [4.69, 9.17) is 16.3 Å². The number of carbonyl (C=O) groups excluding carboxylic acids is 3. The van der Waals surface area contributed by atoms with Gasteiger partial charge >= 0.3 is 12.1 Å². The van der Waals surface area contributed by atoms with Crippen LogP contribution in [0.1, 0.15) is 41.5 Å². The summed E-state index contributed by atoms with van der Waals surface area (Å²) in [6.07, 6.45) is 0.784. The van der Waals surface area contributed by atoms with Gasteiger partial charge in [-0.25, -0.2) is 19.0 Å². The van der Waals surface area contributed by atoms with Gasteiger partial charge in [0.15, 0.2) is 18.2 Å². The van der Waals surface area contributed by atoms with E-state index in [0.29, 0.717) is 5.69 Å². The lowest BCUT2D eigenvalue weighted by Crippen LogP contribution is -2.30. The predicted molar refractivity (Wildman–Crippen MR) is 141 cm³/mol. The molecule has 1 N–H and O–H groups in total. The zero-order chi connectivity index (χ0) is 29.3. The summed E-state index contributed by atoms with van der Waals surface area (Å²) < 4.78 is 27.4. The summed E-state index contributed by atoms with van der Waals surface area (Å²) >= 11 is 6.03. The molecular weight excluding hydrogens is 561 g/mol. The molecule has 3 heterocycles. The van der Waals surface area contributed by atoms with E-state index in [0.717, 1.165) is 6.07 Å². The van der Waals surface area contributed by atoms with E-state index < -0.39 is 41.9 Å². The highest BCUT2D eigenvalue weighted by molar-refractivity contribution is 6.31. The number of ether oxygens (including phenoxy) is 2. The number of methoxy groups -OCH3 is 1.